The Hall–Kier alpha value is -0.870. The van der Waals surface area contributed by atoms with Gasteiger partial charge in [0, 0.05) is 30.9 Å². The molecule has 0 aliphatic carbocycles. The third-order valence-corrected chi connectivity index (χ3v) is 4.33. The van der Waals surface area contributed by atoms with Gasteiger partial charge in [0.2, 0.25) is 0 Å². The summed E-state index contributed by atoms with van der Waals surface area (Å²) in [4.78, 5) is 6.74. The van der Waals surface area contributed by atoms with Gasteiger partial charge in [-0.25, -0.2) is 4.98 Å². The van der Waals surface area contributed by atoms with Crippen molar-refractivity contribution in [2.24, 2.45) is 11.7 Å². The molecule has 0 saturated carbocycles. The average molecular weight is 250 g/mol. The molecule has 1 aromatic rings. The highest BCUT2D eigenvalue weighted by molar-refractivity contribution is 5.07. The van der Waals surface area contributed by atoms with Gasteiger partial charge in [-0.3, -0.25) is 0 Å². The molecule has 4 nitrogen and oxygen atoms in total. The third-order valence-electron chi connectivity index (χ3n) is 4.33. The molecule has 2 heterocycles. The second-order valence-corrected chi connectivity index (χ2v) is 6.00. The van der Waals surface area contributed by atoms with Crippen LogP contribution in [0.5, 0.6) is 0 Å². The molecule has 4 heteroatoms. The average Bonchev–Trinajstić information content (AvgIpc) is 2.80. The molecule has 1 aromatic heterocycles. The van der Waals surface area contributed by atoms with Gasteiger partial charge in [0.1, 0.15) is 0 Å². The molecule has 3 unspecified atom stereocenters. The summed E-state index contributed by atoms with van der Waals surface area (Å²) in [6, 6.07) is 1.27. The van der Waals surface area contributed by atoms with E-state index in [0.29, 0.717) is 18.0 Å². The summed E-state index contributed by atoms with van der Waals surface area (Å²) in [6.07, 6.45) is 6.27. The second kappa shape index (κ2) is 5.41. The minimum Gasteiger partial charge on any atom is -0.330 e. The quantitative estimate of drug-likeness (QED) is 0.894. The molecule has 2 rings (SSSR count). The van der Waals surface area contributed by atoms with Crippen LogP contribution in [-0.4, -0.2) is 34.1 Å². The highest BCUT2D eigenvalue weighted by Gasteiger charge is 2.26. The predicted octanol–water partition coefficient (Wildman–Crippen LogP) is 2.19. The van der Waals surface area contributed by atoms with Crippen molar-refractivity contribution in [2.75, 3.05) is 13.6 Å². The van der Waals surface area contributed by atoms with Gasteiger partial charge in [-0.05, 0) is 32.7 Å². The first-order valence-corrected chi connectivity index (χ1v) is 6.98. The summed E-state index contributed by atoms with van der Waals surface area (Å²) in [5, 5.41) is 0. The third kappa shape index (κ3) is 2.59. The Kier molecular flexibility index (Phi) is 4.07. The fraction of sp³-hybridized carbons (Fsp3) is 0.786. The molecule has 0 amide bonds. The number of rotatable bonds is 3. The summed E-state index contributed by atoms with van der Waals surface area (Å²) in [5.74, 6) is 0.448. The highest BCUT2D eigenvalue weighted by Crippen LogP contribution is 2.29. The van der Waals surface area contributed by atoms with Crippen LogP contribution in [0.2, 0.25) is 0 Å². The van der Waals surface area contributed by atoms with Crippen LogP contribution in [0.3, 0.4) is 0 Å². The lowest BCUT2D eigenvalue weighted by Crippen LogP contribution is -2.39. The number of imidazole rings is 1. The van der Waals surface area contributed by atoms with Crippen molar-refractivity contribution in [3.8, 4) is 0 Å². The Morgan fingerprint density at radius 2 is 2.17 bits per heavy atom. The predicted molar refractivity (Wildman–Crippen MR) is 74.4 cm³/mol. The monoisotopic (exact) mass is 250 g/mol. The van der Waals surface area contributed by atoms with Crippen molar-refractivity contribution in [1.82, 2.24) is 14.5 Å². The van der Waals surface area contributed by atoms with Crippen molar-refractivity contribution in [3.05, 3.63) is 18.2 Å². The van der Waals surface area contributed by atoms with Crippen molar-refractivity contribution in [2.45, 2.75) is 51.7 Å². The fourth-order valence-corrected chi connectivity index (χ4v) is 2.74. The lowest BCUT2D eigenvalue weighted by molar-refractivity contribution is 0.154. The van der Waals surface area contributed by atoms with E-state index in [2.05, 4.69) is 42.3 Å². The molecule has 3 atom stereocenters. The molecule has 1 aliphatic rings. The van der Waals surface area contributed by atoms with E-state index in [9.17, 15) is 0 Å². The van der Waals surface area contributed by atoms with E-state index in [1.165, 1.54) is 18.5 Å². The molecule has 0 spiro atoms. The topological polar surface area (TPSA) is 47.1 Å². The number of likely N-dealkylation sites (tertiary alicyclic amines) is 1. The molecule has 2 N–H and O–H groups in total. The first-order valence-electron chi connectivity index (χ1n) is 6.98. The number of piperidine rings is 1. The molecule has 0 bridgehead atoms. The van der Waals surface area contributed by atoms with Crippen LogP contribution in [0, 0.1) is 5.92 Å². The summed E-state index contributed by atoms with van der Waals surface area (Å²) in [5.41, 5.74) is 7.47. The zero-order valence-corrected chi connectivity index (χ0v) is 12.0. The zero-order chi connectivity index (χ0) is 13.3. The molecule has 1 aliphatic heterocycles. The van der Waals surface area contributed by atoms with Crippen LogP contribution in [-0.2, 0) is 0 Å². The molecule has 0 radical (unpaired) electrons. The van der Waals surface area contributed by atoms with Crippen LogP contribution in [0.25, 0.3) is 0 Å². The zero-order valence-electron chi connectivity index (χ0n) is 12.0. The minimum atomic E-state index is 0.0856. The van der Waals surface area contributed by atoms with Crippen molar-refractivity contribution in [1.29, 1.82) is 0 Å². The van der Waals surface area contributed by atoms with Crippen molar-refractivity contribution >= 4 is 0 Å². The number of hydrogen-bond acceptors (Lipinski definition) is 3. The maximum atomic E-state index is 6.28. The second-order valence-electron chi connectivity index (χ2n) is 6.00. The van der Waals surface area contributed by atoms with E-state index in [-0.39, 0.29) is 6.04 Å². The van der Waals surface area contributed by atoms with E-state index in [0.717, 1.165) is 6.54 Å². The van der Waals surface area contributed by atoms with Gasteiger partial charge in [0.15, 0.2) is 0 Å². The molecular formula is C14H26N4. The Morgan fingerprint density at radius 3 is 2.78 bits per heavy atom. The van der Waals surface area contributed by atoms with E-state index in [1.807, 2.05) is 12.5 Å². The first kappa shape index (κ1) is 13.6. The molecule has 1 saturated heterocycles. The maximum absolute atomic E-state index is 6.28. The van der Waals surface area contributed by atoms with Crippen LogP contribution >= 0.6 is 0 Å². The Bertz CT molecular complexity index is 385. The number of aromatic nitrogens is 2. The Morgan fingerprint density at radius 1 is 1.44 bits per heavy atom. The van der Waals surface area contributed by atoms with Crippen molar-refractivity contribution in [3.63, 3.8) is 0 Å². The minimum absolute atomic E-state index is 0.0856. The van der Waals surface area contributed by atoms with Gasteiger partial charge in [0.05, 0.1) is 12.0 Å². The lowest BCUT2D eigenvalue weighted by atomic mass is 9.97. The largest absolute Gasteiger partial charge is 0.330 e. The molecule has 102 valence electrons. The van der Waals surface area contributed by atoms with Crippen LogP contribution in [0.15, 0.2) is 12.5 Å². The van der Waals surface area contributed by atoms with Crippen LogP contribution in [0.1, 0.15) is 51.4 Å². The van der Waals surface area contributed by atoms with Crippen LogP contribution < -0.4 is 5.73 Å². The van der Waals surface area contributed by atoms with Crippen molar-refractivity contribution < 1.29 is 0 Å². The van der Waals surface area contributed by atoms with Gasteiger partial charge in [-0.2, -0.15) is 0 Å². The SMILES string of the molecule is CC(C)C(N)c1cncn1C1CCN(C)C(C)C1. The summed E-state index contributed by atoms with van der Waals surface area (Å²) < 4.78 is 2.31. The fourth-order valence-electron chi connectivity index (χ4n) is 2.74. The number of nitrogens with two attached hydrogens (primary N) is 1. The van der Waals surface area contributed by atoms with E-state index < -0.39 is 0 Å². The highest BCUT2D eigenvalue weighted by atomic mass is 15.2. The molecular weight excluding hydrogens is 224 g/mol. The normalized spacial score (nSPS) is 27.7. The summed E-state index contributed by atoms with van der Waals surface area (Å²) >= 11 is 0. The van der Waals surface area contributed by atoms with Gasteiger partial charge in [0.25, 0.3) is 0 Å². The van der Waals surface area contributed by atoms with Gasteiger partial charge >= 0.3 is 0 Å². The Labute approximate surface area is 110 Å². The first-order chi connectivity index (χ1) is 8.50. The van der Waals surface area contributed by atoms with Crippen LogP contribution in [0.4, 0.5) is 0 Å². The maximum Gasteiger partial charge on any atom is 0.0951 e. The van der Waals surface area contributed by atoms with Gasteiger partial charge in [-0.1, -0.05) is 13.8 Å². The van der Waals surface area contributed by atoms with E-state index >= 15 is 0 Å². The number of hydrogen-bond donors (Lipinski definition) is 1. The molecule has 18 heavy (non-hydrogen) atoms. The smallest absolute Gasteiger partial charge is 0.0951 e. The summed E-state index contributed by atoms with van der Waals surface area (Å²) in [7, 11) is 2.20. The summed E-state index contributed by atoms with van der Waals surface area (Å²) in [6.45, 7) is 7.78. The lowest BCUT2D eigenvalue weighted by Gasteiger charge is -2.36. The molecule has 0 aromatic carbocycles. The standard InChI is InChI=1S/C14H26N4/c1-10(2)14(15)13-8-16-9-18(13)12-5-6-17(4)11(3)7-12/h8-12,14H,5-7,15H2,1-4H3. The van der Waals surface area contributed by atoms with Gasteiger partial charge in [-0.15, -0.1) is 0 Å². The van der Waals surface area contributed by atoms with E-state index in [1.54, 1.807) is 0 Å². The van der Waals surface area contributed by atoms with Gasteiger partial charge < -0.3 is 15.2 Å². The number of nitrogens with zero attached hydrogens (tertiary/aromatic N) is 3. The van der Waals surface area contributed by atoms with E-state index in [4.69, 9.17) is 5.73 Å². The molecule has 1 fully saturated rings. The Balaban J connectivity index is 2.17.